The fraction of sp³-hybridized carbons (Fsp3) is 0.644. The second kappa shape index (κ2) is 52.7. The van der Waals surface area contributed by atoms with Gasteiger partial charge in [-0.05, 0) is 96.3 Å². The Morgan fingerprint density at radius 3 is 1.00 bits per heavy atom. The summed E-state index contributed by atoms with van der Waals surface area (Å²) in [4.78, 5) is 37.8. The van der Waals surface area contributed by atoms with Crippen LogP contribution in [0.2, 0.25) is 0 Å². The molecule has 368 valence electrons. The van der Waals surface area contributed by atoms with E-state index in [2.05, 4.69) is 118 Å². The first kappa shape index (κ1) is 61.1. The monoisotopic (exact) mass is 901 g/mol. The number of carbonyl (C=O) groups excluding carboxylic acids is 3. The van der Waals surface area contributed by atoms with E-state index in [0.29, 0.717) is 19.3 Å². The Bertz CT molecular complexity index is 1360. The van der Waals surface area contributed by atoms with Crippen molar-refractivity contribution in [3.63, 3.8) is 0 Å². The third-order valence-electron chi connectivity index (χ3n) is 10.8. The molecule has 0 spiro atoms. The lowest BCUT2D eigenvalue weighted by Gasteiger charge is -2.18. The highest BCUT2D eigenvalue weighted by Crippen LogP contribution is 2.12. The molecule has 1 atom stereocenters. The predicted molar refractivity (Wildman–Crippen MR) is 279 cm³/mol. The number of esters is 3. The Kier molecular flexibility index (Phi) is 49.5. The molecule has 0 bridgehead atoms. The van der Waals surface area contributed by atoms with Gasteiger partial charge in [0.1, 0.15) is 13.2 Å². The first-order valence-corrected chi connectivity index (χ1v) is 26.4. The van der Waals surface area contributed by atoms with Gasteiger partial charge in [0.15, 0.2) is 6.10 Å². The number of carbonyl (C=O) groups is 3. The molecule has 0 aliphatic rings. The molecule has 0 saturated carbocycles. The van der Waals surface area contributed by atoms with Gasteiger partial charge in [0.25, 0.3) is 0 Å². The molecule has 0 aromatic rings. The summed E-state index contributed by atoms with van der Waals surface area (Å²) < 4.78 is 16.6. The van der Waals surface area contributed by atoms with E-state index in [4.69, 9.17) is 14.2 Å². The Balaban J connectivity index is 4.40. The van der Waals surface area contributed by atoms with Crippen LogP contribution in [0.4, 0.5) is 0 Å². The van der Waals surface area contributed by atoms with E-state index >= 15 is 0 Å². The lowest BCUT2D eigenvalue weighted by Crippen LogP contribution is -2.30. The number of allylic oxidation sites excluding steroid dienone is 18. The van der Waals surface area contributed by atoms with Gasteiger partial charge in [-0.25, -0.2) is 0 Å². The molecule has 0 fully saturated rings. The van der Waals surface area contributed by atoms with Crippen molar-refractivity contribution in [2.75, 3.05) is 13.2 Å². The van der Waals surface area contributed by atoms with Gasteiger partial charge < -0.3 is 14.2 Å². The maximum atomic E-state index is 12.7. The molecule has 0 saturated heterocycles. The standard InChI is InChI=1S/C59H96O6/c1-4-7-10-13-16-18-20-22-24-26-28-29-31-32-34-36-38-40-43-46-49-52-58(61)64-55-56(54-63-57(60)51-48-45-42-15-12-9-6-3)65-59(62)53-50-47-44-41-39-37-35-33-30-27-25-23-21-19-17-14-11-8-5-2/h8,11,17,19-20,22-23,25-26,28,30-33,37,39,44,47,56H,4-7,9-10,12-16,18,21,24,27,29,34-36,38,40-43,45-46,48-55H2,1-3H3/b11-8-,19-17-,22-20-,25-23-,28-26-,32-31-,33-30-,39-37-,47-44-. The Morgan fingerprint density at radius 1 is 0.323 bits per heavy atom. The maximum Gasteiger partial charge on any atom is 0.306 e. The summed E-state index contributed by atoms with van der Waals surface area (Å²) in [7, 11) is 0. The van der Waals surface area contributed by atoms with E-state index in [1.165, 1.54) is 77.0 Å². The average molecular weight is 901 g/mol. The molecule has 1 unspecified atom stereocenters. The molecule has 65 heavy (non-hydrogen) atoms. The summed E-state index contributed by atoms with van der Waals surface area (Å²) in [6.07, 6.45) is 71.0. The molecule has 0 aliphatic heterocycles. The van der Waals surface area contributed by atoms with Crippen molar-refractivity contribution in [2.24, 2.45) is 0 Å². The molecule has 6 nitrogen and oxygen atoms in total. The number of hydrogen-bond acceptors (Lipinski definition) is 6. The van der Waals surface area contributed by atoms with Crippen molar-refractivity contribution in [1.29, 1.82) is 0 Å². The van der Waals surface area contributed by atoms with Crippen molar-refractivity contribution in [3.8, 4) is 0 Å². The second-order valence-electron chi connectivity index (χ2n) is 17.1. The summed E-state index contributed by atoms with van der Waals surface area (Å²) in [5.41, 5.74) is 0. The van der Waals surface area contributed by atoms with Gasteiger partial charge >= 0.3 is 17.9 Å². The lowest BCUT2D eigenvalue weighted by atomic mass is 10.1. The van der Waals surface area contributed by atoms with Crippen molar-refractivity contribution in [1.82, 2.24) is 0 Å². The topological polar surface area (TPSA) is 78.9 Å². The molecule has 0 aromatic carbocycles. The van der Waals surface area contributed by atoms with Crippen molar-refractivity contribution in [3.05, 3.63) is 109 Å². The normalized spacial score (nSPS) is 13.0. The number of unbranched alkanes of at least 4 members (excludes halogenated alkanes) is 17. The van der Waals surface area contributed by atoms with Crippen LogP contribution in [0.1, 0.15) is 226 Å². The minimum atomic E-state index is -0.823. The molecular formula is C59H96O6. The van der Waals surface area contributed by atoms with Crippen LogP contribution >= 0.6 is 0 Å². The Labute approximate surface area is 400 Å². The molecule has 0 radical (unpaired) electrons. The smallest absolute Gasteiger partial charge is 0.306 e. The zero-order valence-electron chi connectivity index (χ0n) is 42.0. The number of rotatable bonds is 46. The van der Waals surface area contributed by atoms with E-state index in [-0.39, 0.29) is 31.6 Å². The van der Waals surface area contributed by atoms with Crippen molar-refractivity contribution >= 4 is 17.9 Å². The number of hydrogen-bond donors (Lipinski definition) is 0. The summed E-state index contributed by atoms with van der Waals surface area (Å²) >= 11 is 0. The second-order valence-corrected chi connectivity index (χ2v) is 17.1. The van der Waals surface area contributed by atoms with Crippen molar-refractivity contribution < 1.29 is 28.6 Å². The van der Waals surface area contributed by atoms with Gasteiger partial charge in [-0.15, -0.1) is 0 Å². The van der Waals surface area contributed by atoms with Crippen LogP contribution in [0.5, 0.6) is 0 Å². The third-order valence-corrected chi connectivity index (χ3v) is 10.8. The van der Waals surface area contributed by atoms with Gasteiger partial charge in [0.05, 0.1) is 0 Å². The highest BCUT2D eigenvalue weighted by atomic mass is 16.6. The molecule has 6 heteroatoms. The highest BCUT2D eigenvalue weighted by Gasteiger charge is 2.19. The van der Waals surface area contributed by atoms with Gasteiger partial charge in [0.2, 0.25) is 0 Å². The van der Waals surface area contributed by atoms with Crippen LogP contribution in [-0.2, 0) is 28.6 Å². The van der Waals surface area contributed by atoms with Crippen LogP contribution in [0, 0.1) is 0 Å². The zero-order valence-corrected chi connectivity index (χ0v) is 42.0. The molecule has 0 aliphatic carbocycles. The fourth-order valence-electron chi connectivity index (χ4n) is 6.83. The SMILES string of the molecule is CC/C=C\C/C=C\C/C=C\C/C=C\C/C=C\C/C=C\CCC(=O)OC(COC(=O)CCCCCCCCC)COC(=O)CCCCCCCC/C=C\C/C=C\C/C=C\CCCCCCC. The van der Waals surface area contributed by atoms with Crippen LogP contribution in [0.25, 0.3) is 0 Å². The van der Waals surface area contributed by atoms with E-state index in [1.807, 2.05) is 12.2 Å². The zero-order chi connectivity index (χ0) is 47.2. The van der Waals surface area contributed by atoms with E-state index in [0.717, 1.165) is 103 Å². The molecule has 0 aromatic heterocycles. The fourth-order valence-corrected chi connectivity index (χ4v) is 6.83. The van der Waals surface area contributed by atoms with Crippen LogP contribution in [-0.4, -0.2) is 37.2 Å². The lowest BCUT2D eigenvalue weighted by molar-refractivity contribution is -0.166. The van der Waals surface area contributed by atoms with Crippen molar-refractivity contribution in [2.45, 2.75) is 232 Å². The van der Waals surface area contributed by atoms with Gasteiger partial charge in [-0.1, -0.05) is 220 Å². The maximum absolute atomic E-state index is 12.7. The number of ether oxygens (including phenoxy) is 3. The first-order chi connectivity index (χ1) is 32.0. The molecule has 0 rings (SSSR count). The van der Waals surface area contributed by atoms with Crippen LogP contribution in [0.15, 0.2) is 109 Å². The van der Waals surface area contributed by atoms with Crippen LogP contribution < -0.4 is 0 Å². The minimum absolute atomic E-state index is 0.114. The van der Waals surface area contributed by atoms with Gasteiger partial charge in [-0.3, -0.25) is 14.4 Å². The summed E-state index contributed by atoms with van der Waals surface area (Å²) in [5, 5.41) is 0. The largest absolute Gasteiger partial charge is 0.462 e. The predicted octanol–water partition coefficient (Wildman–Crippen LogP) is 17.5. The van der Waals surface area contributed by atoms with E-state index in [9.17, 15) is 14.4 Å². The Hall–Kier alpha value is -3.93. The third kappa shape index (κ3) is 50.9. The molecule has 0 N–H and O–H groups in total. The average Bonchev–Trinajstić information content (AvgIpc) is 3.30. The first-order valence-electron chi connectivity index (χ1n) is 26.4. The summed E-state index contributed by atoms with van der Waals surface area (Å²) in [6, 6.07) is 0. The quantitative estimate of drug-likeness (QED) is 0.0262. The minimum Gasteiger partial charge on any atom is -0.462 e. The van der Waals surface area contributed by atoms with Gasteiger partial charge in [0, 0.05) is 19.3 Å². The van der Waals surface area contributed by atoms with E-state index < -0.39 is 12.1 Å². The highest BCUT2D eigenvalue weighted by molar-refractivity contribution is 5.71. The van der Waals surface area contributed by atoms with Crippen LogP contribution in [0.3, 0.4) is 0 Å². The Morgan fingerprint density at radius 2 is 0.631 bits per heavy atom. The molecule has 0 heterocycles. The van der Waals surface area contributed by atoms with E-state index in [1.54, 1.807) is 0 Å². The molecular weight excluding hydrogens is 805 g/mol. The molecule has 0 amide bonds. The summed E-state index contributed by atoms with van der Waals surface area (Å²) in [5.74, 6) is -1.02. The van der Waals surface area contributed by atoms with Gasteiger partial charge in [-0.2, -0.15) is 0 Å². The summed E-state index contributed by atoms with van der Waals surface area (Å²) in [6.45, 7) is 6.38.